The average molecular weight is 415 g/mol. The number of anilines is 1. The van der Waals surface area contributed by atoms with Crippen LogP contribution in [0.3, 0.4) is 0 Å². The summed E-state index contributed by atoms with van der Waals surface area (Å²) in [4.78, 5) is 13.1. The molecule has 0 saturated heterocycles. The summed E-state index contributed by atoms with van der Waals surface area (Å²) in [5.74, 6) is -0.377. The lowest BCUT2D eigenvalue weighted by atomic mass is 10.1. The topological polar surface area (TPSA) is 56.2 Å². The standard InChI is InChI=1S/C25H22FN3O2/c1-17-7-6-10-22(18(17)2)27-25(30)24-23(31-16-19-8-4-3-5-9-19)15-29(28-24)21-13-11-20(26)12-14-21/h3-15H,16H2,1-2H3,(H,27,30). The first-order valence-electron chi connectivity index (χ1n) is 9.91. The second-order valence-corrected chi connectivity index (χ2v) is 7.24. The molecule has 0 bridgehead atoms. The Balaban J connectivity index is 1.65. The maximum atomic E-state index is 13.3. The SMILES string of the molecule is Cc1cccc(NC(=O)c2nn(-c3ccc(F)cc3)cc2OCc2ccccc2)c1C. The molecule has 5 nitrogen and oxygen atoms in total. The first-order valence-corrected chi connectivity index (χ1v) is 9.91. The van der Waals surface area contributed by atoms with Crippen molar-refractivity contribution < 1.29 is 13.9 Å². The van der Waals surface area contributed by atoms with Crippen LogP contribution < -0.4 is 10.1 Å². The Morgan fingerprint density at radius 3 is 2.48 bits per heavy atom. The van der Waals surface area contributed by atoms with Gasteiger partial charge in [0.1, 0.15) is 12.4 Å². The molecule has 6 heteroatoms. The number of hydrogen-bond donors (Lipinski definition) is 1. The minimum atomic E-state index is -0.377. The van der Waals surface area contributed by atoms with Gasteiger partial charge in [-0.2, -0.15) is 5.10 Å². The van der Waals surface area contributed by atoms with E-state index in [0.717, 1.165) is 22.4 Å². The lowest BCUT2D eigenvalue weighted by Gasteiger charge is -2.10. The van der Waals surface area contributed by atoms with Gasteiger partial charge in [0.15, 0.2) is 11.4 Å². The van der Waals surface area contributed by atoms with Crippen LogP contribution in [0.4, 0.5) is 10.1 Å². The number of nitrogens with one attached hydrogen (secondary N) is 1. The van der Waals surface area contributed by atoms with Gasteiger partial charge in [-0.15, -0.1) is 0 Å². The minimum Gasteiger partial charge on any atom is -0.485 e. The molecule has 0 unspecified atom stereocenters. The van der Waals surface area contributed by atoms with Crippen molar-refractivity contribution in [3.63, 3.8) is 0 Å². The summed E-state index contributed by atoms with van der Waals surface area (Å²) in [6, 6.07) is 21.3. The highest BCUT2D eigenvalue weighted by Gasteiger charge is 2.20. The van der Waals surface area contributed by atoms with Gasteiger partial charge in [-0.3, -0.25) is 4.79 Å². The molecular formula is C25H22FN3O2. The fourth-order valence-corrected chi connectivity index (χ4v) is 3.15. The lowest BCUT2D eigenvalue weighted by Crippen LogP contribution is -2.15. The van der Waals surface area contributed by atoms with E-state index in [1.165, 1.54) is 16.8 Å². The fraction of sp³-hybridized carbons (Fsp3) is 0.120. The number of aromatic nitrogens is 2. The van der Waals surface area contributed by atoms with Crippen LogP contribution in [0.15, 0.2) is 79.0 Å². The Morgan fingerprint density at radius 1 is 1.00 bits per heavy atom. The number of rotatable bonds is 6. The molecule has 0 aliphatic rings. The van der Waals surface area contributed by atoms with Gasteiger partial charge in [0.2, 0.25) is 0 Å². The predicted molar refractivity (Wildman–Crippen MR) is 118 cm³/mol. The lowest BCUT2D eigenvalue weighted by molar-refractivity contribution is 0.101. The first kappa shape index (κ1) is 20.3. The zero-order valence-electron chi connectivity index (χ0n) is 17.3. The molecule has 0 atom stereocenters. The van der Waals surface area contributed by atoms with Crippen LogP contribution in [0.2, 0.25) is 0 Å². The minimum absolute atomic E-state index is 0.154. The summed E-state index contributed by atoms with van der Waals surface area (Å²) in [6.07, 6.45) is 1.63. The fourth-order valence-electron chi connectivity index (χ4n) is 3.15. The van der Waals surface area contributed by atoms with Gasteiger partial charge in [-0.1, -0.05) is 42.5 Å². The molecule has 4 aromatic rings. The second-order valence-electron chi connectivity index (χ2n) is 7.24. The third-order valence-electron chi connectivity index (χ3n) is 5.08. The Labute approximate surface area is 180 Å². The Bertz CT molecular complexity index is 1200. The van der Waals surface area contributed by atoms with Gasteiger partial charge in [-0.25, -0.2) is 9.07 Å². The Hall–Kier alpha value is -3.93. The van der Waals surface area contributed by atoms with Crippen LogP contribution in [-0.2, 0) is 6.61 Å². The summed E-state index contributed by atoms with van der Waals surface area (Å²) in [7, 11) is 0. The normalized spacial score (nSPS) is 10.7. The summed E-state index contributed by atoms with van der Waals surface area (Å²) >= 11 is 0. The van der Waals surface area contributed by atoms with Crippen LogP contribution in [0.5, 0.6) is 5.75 Å². The highest BCUT2D eigenvalue weighted by Crippen LogP contribution is 2.24. The van der Waals surface area contributed by atoms with Gasteiger partial charge in [-0.05, 0) is 60.9 Å². The van der Waals surface area contributed by atoms with E-state index in [4.69, 9.17) is 4.74 Å². The van der Waals surface area contributed by atoms with Crippen molar-refractivity contribution in [2.75, 3.05) is 5.32 Å². The third-order valence-corrected chi connectivity index (χ3v) is 5.08. The molecule has 1 aromatic heterocycles. The summed E-state index contributed by atoms with van der Waals surface area (Å²) in [5.41, 5.74) is 4.53. The zero-order chi connectivity index (χ0) is 21.8. The number of ether oxygens (including phenoxy) is 1. The molecule has 0 radical (unpaired) electrons. The molecule has 0 aliphatic heterocycles. The predicted octanol–water partition coefficient (Wildman–Crippen LogP) is 5.46. The molecule has 0 spiro atoms. The molecule has 1 amide bonds. The number of hydrogen-bond acceptors (Lipinski definition) is 3. The number of nitrogens with zero attached hydrogens (tertiary/aromatic N) is 2. The molecule has 1 heterocycles. The van der Waals surface area contributed by atoms with Crippen LogP contribution in [0.1, 0.15) is 27.2 Å². The van der Waals surface area contributed by atoms with E-state index >= 15 is 0 Å². The van der Waals surface area contributed by atoms with Crippen LogP contribution >= 0.6 is 0 Å². The van der Waals surface area contributed by atoms with E-state index in [1.807, 2.05) is 62.4 Å². The third kappa shape index (κ3) is 4.64. The maximum Gasteiger partial charge on any atom is 0.280 e. The monoisotopic (exact) mass is 415 g/mol. The highest BCUT2D eigenvalue weighted by atomic mass is 19.1. The first-order chi connectivity index (χ1) is 15.0. The van der Waals surface area contributed by atoms with Gasteiger partial charge < -0.3 is 10.1 Å². The number of carbonyl (C=O) groups is 1. The van der Waals surface area contributed by atoms with E-state index in [-0.39, 0.29) is 17.4 Å². The summed E-state index contributed by atoms with van der Waals surface area (Å²) < 4.78 is 20.8. The van der Waals surface area contributed by atoms with Gasteiger partial charge in [0, 0.05) is 5.69 Å². The van der Waals surface area contributed by atoms with Crippen molar-refractivity contribution in [1.29, 1.82) is 0 Å². The number of amides is 1. The van der Waals surface area contributed by atoms with Crippen molar-refractivity contribution >= 4 is 11.6 Å². The smallest absolute Gasteiger partial charge is 0.280 e. The van der Waals surface area contributed by atoms with E-state index in [9.17, 15) is 9.18 Å². The summed E-state index contributed by atoms with van der Waals surface area (Å²) in [6.45, 7) is 4.23. The van der Waals surface area contributed by atoms with Gasteiger partial charge >= 0.3 is 0 Å². The quantitative estimate of drug-likeness (QED) is 0.455. The van der Waals surface area contributed by atoms with Crippen molar-refractivity contribution in [3.8, 4) is 11.4 Å². The largest absolute Gasteiger partial charge is 0.485 e. The van der Waals surface area contributed by atoms with Crippen molar-refractivity contribution in [2.45, 2.75) is 20.5 Å². The highest BCUT2D eigenvalue weighted by molar-refractivity contribution is 6.05. The van der Waals surface area contributed by atoms with Crippen molar-refractivity contribution in [3.05, 3.63) is 107 Å². The van der Waals surface area contributed by atoms with Gasteiger partial charge in [0.25, 0.3) is 5.91 Å². The maximum absolute atomic E-state index is 13.3. The molecule has 4 rings (SSSR count). The summed E-state index contributed by atoms with van der Waals surface area (Å²) in [5, 5.41) is 7.35. The Morgan fingerprint density at radius 2 is 1.74 bits per heavy atom. The van der Waals surface area contributed by atoms with E-state index in [2.05, 4.69) is 10.4 Å². The van der Waals surface area contributed by atoms with E-state index in [1.54, 1.807) is 18.3 Å². The average Bonchev–Trinajstić information content (AvgIpc) is 3.21. The molecule has 1 N–H and O–H groups in total. The molecular weight excluding hydrogens is 393 g/mol. The molecule has 0 aliphatic carbocycles. The van der Waals surface area contributed by atoms with Crippen LogP contribution in [0, 0.1) is 19.7 Å². The number of carbonyl (C=O) groups excluding carboxylic acids is 1. The molecule has 0 saturated carbocycles. The van der Waals surface area contributed by atoms with E-state index < -0.39 is 0 Å². The van der Waals surface area contributed by atoms with Gasteiger partial charge in [0.05, 0.1) is 11.9 Å². The van der Waals surface area contributed by atoms with Crippen molar-refractivity contribution in [1.82, 2.24) is 9.78 Å². The molecule has 0 fully saturated rings. The molecule has 31 heavy (non-hydrogen) atoms. The number of aryl methyl sites for hydroxylation is 1. The van der Waals surface area contributed by atoms with E-state index in [0.29, 0.717) is 18.0 Å². The van der Waals surface area contributed by atoms with Crippen LogP contribution in [0.25, 0.3) is 5.69 Å². The second kappa shape index (κ2) is 8.83. The Kier molecular flexibility index (Phi) is 5.80. The van der Waals surface area contributed by atoms with Crippen LogP contribution in [-0.4, -0.2) is 15.7 Å². The molecule has 156 valence electrons. The zero-order valence-corrected chi connectivity index (χ0v) is 17.3. The number of benzene rings is 3. The number of halogens is 1. The van der Waals surface area contributed by atoms with Crippen molar-refractivity contribution in [2.24, 2.45) is 0 Å². The molecule has 3 aromatic carbocycles.